The predicted molar refractivity (Wildman–Crippen MR) is 72.2 cm³/mol. The molecule has 3 fully saturated rings. The summed E-state index contributed by atoms with van der Waals surface area (Å²) in [6.07, 6.45) is 1.62. The maximum absolute atomic E-state index is 12.5. The molecule has 0 radical (unpaired) electrons. The van der Waals surface area contributed by atoms with Crippen LogP contribution in [0.4, 0.5) is 0 Å². The highest BCUT2D eigenvalue weighted by atomic mass is 32.1. The molecule has 104 valence electrons. The van der Waals surface area contributed by atoms with Gasteiger partial charge < -0.3 is 9.64 Å². The van der Waals surface area contributed by atoms with Gasteiger partial charge in [0.2, 0.25) is 11.8 Å². The van der Waals surface area contributed by atoms with E-state index >= 15 is 0 Å². The monoisotopic (exact) mass is 282 g/mol. The minimum absolute atomic E-state index is 0.0732. The van der Waals surface area contributed by atoms with Crippen LogP contribution in [-0.2, 0) is 14.3 Å². The molecule has 0 unspecified atom stereocenters. The molecule has 6 heteroatoms. The van der Waals surface area contributed by atoms with E-state index in [1.807, 2.05) is 18.7 Å². The zero-order valence-corrected chi connectivity index (χ0v) is 12.0. The van der Waals surface area contributed by atoms with E-state index in [0.29, 0.717) is 18.2 Å². The van der Waals surface area contributed by atoms with Gasteiger partial charge in [-0.1, -0.05) is 0 Å². The maximum atomic E-state index is 12.5. The lowest BCUT2D eigenvalue weighted by Crippen LogP contribution is -2.47. The molecule has 0 spiro atoms. The molecule has 0 aliphatic carbocycles. The van der Waals surface area contributed by atoms with Gasteiger partial charge in [0.25, 0.3) is 0 Å². The Hall–Kier alpha value is -1.01. The van der Waals surface area contributed by atoms with Crippen LogP contribution in [0.5, 0.6) is 0 Å². The van der Waals surface area contributed by atoms with E-state index in [-0.39, 0.29) is 35.9 Å². The summed E-state index contributed by atoms with van der Waals surface area (Å²) in [5, 5.41) is 0.355. The summed E-state index contributed by atoms with van der Waals surface area (Å²) < 4.78 is 5.70. The van der Waals surface area contributed by atoms with Crippen molar-refractivity contribution >= 4 is 29.1 Å². The Morgan fingerprint density at radius 1 is 1.21 bits per heavy atom. The molecule has 2 bridgehead atoms. The number of ether oxygens (including phenoxy) is 1. The van der Waals surface area contributed by atoms with Gasteiger partial charge in [0, 0.05) is 13.1 Å². The Kier molecular flexibility index (Phi) is 3.09. The highest BCUT2D eigenvalue weighted by Gasteiger charge is 2.63. The molecule has 3 heterocycles. The van der Waals surface area contributed by atoms with Crippen LogP contribution in [-0.4, -0.2) is 52.0 Å². The van der Waals surface area contributed by atoms with Crippen molar-refractivity contribution in [3.8, 4) is 0 Å². The molecule has 0 N–H and O–H groups in total. The lowest BCUT2D eigenvalue weighted by atomic mass is 9.81. The third kappa shape index (κ3) is 1.66. The zero-order valence-electron chi connectivity index (χ0n) is 11.2. The van der Waals surface area contributed by atoms with E-state index in [4.69, 9.17) is 17.0 Å². The van der Waals surface area contributed by atoms with Gasteiger partial charge in [0.05, 0.1) is 24.0 Å². The summed E-state index contributed by atoms with van der Waals surface area (Å²) in [6.45, 7) is 5.33. The van der Waals surface area contributed by atoms with Gasteiger partial charge >= 0.3 is 0 Å². The fourth-order valence-corrected chi connectivity index (χ4v) is 3.97. The number of nitrogens with zero attached hydrogens (tertiary/aromatic N) is 2. The number of likely N-dealkylation sites (tertiary alicyclic amines) is 1. The van der Waals surface area contributed by atoms with Crippen LogP contribution >= 0.6 is 12.2 Å². The van der Waals surface area contributed by atoms with E-state index in [0.717, 1.165) is 12.8 Å². The molecule has 3 saturated heterocycles. The van der Waals surface area contributed by atoms with Crippen LogP contribution in [0.1, 0.15) is 26.7 Å². The molecule has 5 nitrogen and oxygen atoms in total. The van der Waals surface area contributed by atoms with Crippen molar-refractivity contribution in [3.63, 3.8) is 0 Å². The number of amides is 2. The molecular formula is C13H18N2O3S. The first-order valence-electron chi connectivity index (χ1n) is 6.92. The van der Waals surface area contributed by atoms with Crippen molar-refractivity contribution in [2.45, 2.75) is 38.9 Å². The van der Waals surface area contributed by atoms with Gasteiger partial charge in [-0.25, -0.2) is 4.90 Å². The maximum Gasteiger partial charge on any atom is 0.242 e. The van der Waals surface area contributed by atoms with Crippen LogP contribution in [0.25, 0.3) is 0 Å². The lowest BCUT2D eigenvalue weighted by Gasteiger charge is -2.27. The van der Waals surface area contributed by atoms with Crippen molar-refractivity contribution in [1.29, 1.82) is 0 Å². The predicted octanol–water partition coefficient (Wildman–Crippen LogP) is 0.775. The first-order chi connectivity index (χ1) is 9.10. The second-order valence-corrected chi connectivity index (χ2v) is 5.67. The normalized spacial score (nSPS) is 36.0. The number of carbonyl (C=O) groups is 2. The van der Waals surface area contributed by atoms with E-state index in [1.165, 1.54) is 4.90 Å². The minimum Gasteiger partial charge on any atom is -0.373 e. The molecular weight excluding hydrogens is 264 g/mol. The van der Waals surface area contributed by atoms with Crippen LogP contribution in [0.3, 0.4) is 0 Å². The Labute approximate surface area is 117 Å². The molecule has 0 aromatic heterocycles. The summed E-state index contributed by atoms with van der Waals surface area (Å²) in [4.78, 5) is 28.0. The van der Waals surface area contributed by atoms with E-state index in [2.05, 4.69) is 0 Å². The number of hydrogen-bond donors (Lipinski definition) is 0. The van der Waals surface area contributed by atoms with Crippen LogP contribution in [0, 0.1) is 11.8 Å². The number of thiocarbonyl (C=S) groups is 1. The third-order valence-electron chi connectivity index (χ3n) is 4.51. The third-order valence-corrected chi connectivity index (χ3v) is 4.95. The molecule has 0 aromatic carbocycles. The van der Waals surface area contributed by atoms with Crippen LogP contribution in [0.15, 0.2) is 0 Å². The summed E-state index contributed by atoms with van der Waals surface area (Å²) in [7, 11) is 0. The average molecular weight is 282 g/mol. The van der Waals surface area contributed by atoms with Crippen molar-refractivity contribution < 1.29 is 14.3 Å². The van der Waals surface area contributed by atoms with Gasteiger partial charge in [-0.2, -0.15) is 0 Å². The fraction of sp³-hybridized carbons (Fsp3) is 0.769. The van der Waals surface area contributed by atoms with Gasteiger partial charge in [-0.3, -0.25) is 9.59 Å². The van der Waals surface area contributed by atoms with E-state index in [1.54, 1.807) is 0 Å². The smallest absolute Gasteiger partial charge is 0.242 e. The van der Waals surface area contributed by atoms with E-state index in [9.17, 15) is 9.59 Å². The highest BCUT2D eigenvalue weighted by molar-refractivity contribution is 7.80. The Morgan fingerprint density at radius 3 is 2.11 bits per heavy atom. The molecule has 0 aromatic rings. The Bertz CT molecular complexity index is 421. The number of carbonyl (C=O) groups excluding carboxylic acids is 2. The molecule has 2 amide bonds. The van der Waals surface area contributed by atoms with Crippen molar-refractivity contribution in [2.75, 3.05) is 13.1 Å². The molecule has 3 rings (SSSR count). The molecule has 0 saturated carbocycles. The zero-order chi connectivity index (χ0) is 13.7. The SMILES string of the molecule is CCN(CC)C(=S)N1C(=O)[C@@H]2[C@@H](C1=O)[C@H]1CC[C@@H]2O1. The molecule has 19 heavy (non-hydrogen) atoms. The highest BCUT2D eigenvalue weighted by Crippen LogP contribution is 2.48. The summed E-state index contributed by atoms with van der Waals surface area (Å²) in [5.74, 6) is -0.891. The van der Waals surface area contributed by atoms with Gasteiger partial charge in [-0.15, -0.1) is 0 Å². The first-order valence-corrected chi connectivity index (χ1v) is 7.33. The summed E-state index contributed by atoms with van der Waals surface area (Å²) in [6, 6.07) is 0. The van der Waals surface area contributed by atoms with Crippen molar-refractivity contribution in [3.05, 3.63) is 0 Å². The first kappa shape index (κ1) is 13.0. The Balaban J connectivity index is 1.87. The van der Waals surface area contributed by atoms with Gasteiger partial charge in [-0.05, 0) is 38.9 Å². The largest absolute Gasteiger partial charge is 0.373 e. The topological polar surface area (TPSA) is 49.9 Å². The number of imide groups is 1. The summed E-state index contributed by atoms with van der Waals surface area (Å²) in [5.41, 5.74) is 0. The molecule has 3 aliphatic rings. The number of rotatable bonds is 2. The molecule has 4 atom stereocenters. The second-order valence-electron chi connectivity index (χ2n) is 5.31. The lowest BCUT2D eigenvalue weighted by molar-refractivity contribution is -0.137. The van der Waals surface area contributed by atoms with Gasteiger partial charge in [0.15, 0.2) is 5.11 Å². The second kappa shape index (κ2) is 4.52. The standard InChI is InChI=1S/C13H18N2O3S/c1-3-14(4-2)13(19)15-11(16)9-7-5-6-8(18-7)10(9)12(15)17/h7-10H,3-6H2,1-2H3/t7-,8+,9-,10-/m0/s1. The number of hydrogen-bond acceptors (Lipinski definition) is 4. The van der Waals surface area contributed by atoms with Gasteiger partial charge in [0.1, 0.15) is 0 Å². The fourth-order valence-electron chi connectivity index (χ4n) is 3.54. The molecule has 3 aliphatic heterocycles. The van der Waals surface area contributed by atoms with Crippen molar-refractivity contribution in [2.24, 2.45) is 11.8 Å². The number of fused-ring (bicyclic) bond motifs is 5. The average Bonchev–Trinajstić information content (AvgIpc) is 3.05. The van der Waals surface area contributed by atoms with Crippen LogP contribution < -0.4 is 0 Å². The summed E-state index contributed by atoms with van der Waals surface area (Å²) >= 11 is 5.33. The minimum atomic E-state index is -0.292. The van der Waals surface area contributed by atoms with Crippen LogP contribution in [0.2, 0.25) is 0 Å². The Morgan fingerprint density at radius 2 is 1.68 bits per heavy atom. The quantitative estimate of drug-likeness (QED) is 0.553. The van der Waals surface area contributed by atoms with E-state index < -0.39 is 0 Å². The van der Waals surface area contributed by atoms with Crippen molar-refractivity contribution in [1.82, 2.24) is 9.80 Å².